The standard InChI is InChI=1S/C20H22N2O4S/c1-26-20(25)22-18(24)17-14-10-6-3-7-11-15(14)27-19(17)21-16(23)12-13-8-4-2-5-9-13/h2,4-5,8-9H,3,6-7,10-12H2,1H3,(H,21,23)(H,22,24,25). The summed E-state index contributed by atoms with van der Waals surface area (Å²) in [5.74, 6) is -0.721. The zero-order valence-corrected chi connectivity index (χ0v) is 16.0. The summed E-state index contributed by atoms with van der Waals surface area (Å²) in [5, 5.41) is 5.60. The number of carbonyl (C=O) groups is 3. The fraction of sp³-hybridized carbons (Fsp3) is 0.350. The molecule has 3 amide bonds. The van der Waals surface area contributed by atoms with Crippen molar-refractivity contribution in [2.75, 3.05) is 12.4 Å². The molecule has 7 heteroatoms. The van der Waals surface area contributed by atoms with Crippen LogP contribution in [-0.4, -0.2) is 25.0 Å². The second-order valence-corrected chi connectivity index (χ2v) is 7.53. The molecule has 0 aliphatic heterocycles. The Morgan fingerprint density at radius 2 is 1.81 bits per heavy atom. The van der Waals surface area contributed by atoms with E-state index in [-0.39, 0.29) is 12.3 Å². The van der Waals surface area contributed by atoms with E-state index < -0.39 is 12.0 Å². The molecule has 27 heavy (non-hydrogen) atoms. The van der Waals surface area contributed by atoms with E-state index in [0.29, 0.717) is 10.6 Å². The first kappa shape index (κ1) is 19.1. The van der Waals surface area contributed by atoms with Gasteiger partial charge in [0.05, 0.1) is 19.1 Å². The van der Waals surface area contributed by atoms with E-state index in [1.165, 1.54) is 18.4 Å². The lowest BCUT2D eigenvalue weighted by Crippen LogP contribution is -2.31. The molecule has 1 aromatic heterocycles. The molecule has 6 nitrogen and oxygen atoms in total. The molecular formula is C20H22N2O4S. The molecule has 2 N–H and O–H groups in total. The highest BCUT2D eigenvalue weighted by Gasteiger charge is 2.26. The van der Waals surface area contributed by atoms with Crippen molar-refractivity contribution in [2.24, 2.45) is 0 Å². The smallest absolute Gasteiger partial charge is 0.413 e. The van der Waals surface area contributed by atoms with E-state index in [0.717, 1.165) is 48.1 Å². The number of anilines is 1. The van der Waals surface area contributed by atoms with Gasteiger partial charge in [-0.3, -0.25) is 14.9 Å². The second-order valence-electron chi connectivity index (χ2n) is 6.42. The first-order valence-corrected chi connectivity index (χ1v) is 9.77. The first-order valence-electron chi connectivity index (χ1n) is 8.96. The largest absolute Gasteiger partial charge is 0.453 e. The molecule has 1 aliphatic carbocycles. The molecule has 0 atom stereocenters. The van der Waals surface area contributed by atoms with Gasteiger partial charge in [-0.2, -0.15) is 0 Å². The van der Waals surface area contributed by atoms with Crippen molar-refractivity contribution in [3.05, 3.63) is 51.9 Å². The highest BCUT2D eigenvalue weighted by molar-refractivity contribution is 7.17. The normalized spacial score (nSPS) is 13.2. The van der Waals surface area contributed by atoms with E-state index in [1.54, 1.807) is 0 Å². The number of carbonyl (C=O) groups excluding carboxylic acids is 3. The fourth-order valence-electron chi connectivity index (χ4n) is 3.23. The van der Waals surface area contributed by atoms with Crippen LogP contribution in [0.1, 0.15) is 45.6 Å². The van der Waals surface area contributed by atoms with E-state index >= 15 is 0 Å². The van der Waals surface area contributed by atoms with E-state index in [1.807, 2.05) is 30.3 Å². The predicted molar refractivity (Wildman–Crippen MR) is 104 cm³/mol. The number of hydrogen-bond acceptors (Lipinski definition) is 5. The van der Waals surface area contributed by atoms with Gasteiger partial charge in [-0.05, 0) is 36.8 Å². The van der Waals surface area contributed by atoms with Crippen LogP contribution in [0.25, 0.3) is 0 Å². The van der Waals surface area contributed by atoms with Crippen LogP contribution in [0.2, 0.25) is 0 Å². The number of ether oxygens (including phenoxy) is 1. The van der Waals surface area contributed by atoms with Crippen LogP contribution in [0.3, 0.4) is 0 Å². The average molecular weight is 386 g/mol. The molecular weight excluding hydrogens is 364 g/mol. The number of nitrogens with one attached hydrogen (secondary N) is 2. The summed E-state index contributed by atoms with van der Waals surface area (Å²) >= 11 is 1.43. The van der Waals surface area contributed by atoms with Crippen LogP contribution in [0.4, 0.5) is 9.80 Å². The summed E-state index contributed by atoms with van der Waals surface area (Å²) in [4.78, 5) is 37.8. The lowest BCUT2D eigenvalue weighted by atomic mass is 10.0. The molecule has 0 saturated carbocycles. The Kier molecular flexibility index (Phi) is 6.24. The molecule has 1 heterocycles. The average Bonchev–Trinajstić information content (AvgIpc) is 2.83. The Morgan fingerprint density at radius 3 is 2.56 bits per heavy atom. The number of imide groups is 1. The second kappa shape index (κ2) is 8.81. The Labute approximate surface area is 161 Å². The van der Waals surface area contributed by atoms with Crippen LogP contribution in [0, 0.1) is 0 Å². The molecule has 0 radical (unpaired) electrons. The molecule has 2 aromatic rings. The van der Waals surface area contributed by atoms with Crippen molar-refractivity contribution in [1.29, 1.82) is 0 Å². The Bertz CT molecular complexity index is 845. The van der Waals surface area contributed by atoms with Gasteiger partial charge < -0.3 is 10.1 Å². The number of benzene rings is 1. The third-order valence-electron chi connectivity index (χ3n) is 4.51. The molecule has 1 aromatic carbocycles. The van der Waals surface area contributed by atoms with Crippen molar-refractivity contribution in [3.63, 3.8) is 0 Å². The predicted octanol–water partition coefficient (Wildman–Crippen LogP) is 3.69. The van der Waals surface area contributed by atoms with Gasteiger partial charge in [0.25, 0.3) is 5.91 Å². The van der Waals surface area contributed by atoms with Crippen LogP contribution in [0.15, 0.2) is 30.3 Å². The Morgan fingerprint density at radius 1 is 1.07 bits per heavy atom. The van der Waals surface area contributed by atoms with Crippen molar-refractivity contribution < 1.29 is 19.1 Å². The molecule has 0 saturated heterocycles. The van der Waals surface area contributed by atoms with Gasteiger partial charge in [0.15, 0.2) is 0 Å². The van der Waals surface area contributed by atoms with Gasteiger partial charge in [-0.1, -0.05) is 36.8 Å². The summed E-state index contributed by atoms with van der Waals surface area (Å²) in [7, 11) is 1.21. The highest BCUT2D eigenvalue weighted by Crippen LogP contribution is 2.37. The summed E-state index contributed by atoms with van der Waals surface area (Å²) in [6, 6.07) is 9.42. The van der Waals surface area contributed by atoms with Crippen LogP contribution >= 0.6 is 11.3 Å². The fourth-order valence-corrected chi connectivity index (χ4v) is 4.53. The van der Waals surface area contributed by atoms with Crippen molar-refractivity contribution in [2.45, 2.75) is 38.5 Å². The van der Waals surface area contributed by atoms with Gasteiger partial charge in [-0.25, -0.2) is 4.79 Å². The maximum absolute atomic E-state index is 12.7. The molecule has 3 rings (SSSR count). The number of hydrogen-bond donors (Lipinski definition) is 2. The van der Waals surface area contributed by atoms with Gasteiger partial charge in [0.2, 0.25) is 5.91 Å². The summed E-state index contributed by atoms with van der Waals surface area (Å²) in [5.41, 5.74) is 2.23. The molecule has 0 fully saturated rings. The molecule has 1 aliphatic rings. The minimum absolute atomic E-state index is 0.190. The van der Waals surface area contributed by atoms with Gasteiger partial charge in [0, 0.05) is 4.88 Å². The molecule has 142 valence electrons. The third-order valence-corrected chi connectivity index (χ3v) is 5.72. The number of alkyl carbamates (subject to hydrolysis) is 1. The van der Waals surface area contributed by atoms with Crippen LogP contribution < -0.4 is 10.6 Å². The number of thiophene rings is 1. The number of rotatable bonds is 4. The maximum atomic E-state index is 12.7. The molecule has 0 spiro atoms. The number of methoxy groups -OCH3 is 1. The first-order chi connectivity index (χ1) is 13.1. The molecule has 0 unspecified atom stereocenters. The number of fused-ring (bicyclic) bond motifs is 1. The van der Waals surface area contributed by atoms with Crippen molar-refractivity contribution in [1.82, 2.24) is 5.32 Å². The Hall–Kier alpha value is -2.67. The Balaban J connectivity index is 1.85. The zero-order valence-electron chi connectivity index (χ0n) is 15.2. The quantitative estimate of drug-likeness (QED) is 0.785. The minimum atomic E-state index is -0.810. The van der Waals surface area contributed by atoms with Crippen molar-refractivity contribution in [3.8, 4) is 0 Å². The van der Waals surface area contributed by atoms with Crippen LogP contribution in [-0.2, 0) is 28.8 Å². The van der Waals surface area contributed by atoms with Gasteiger partial charge in [0.1, 0.15) is 5.00 Å². The van der Waals surface area contributed by atoms with Crippen molar-refractivity contribution >= 4 is 34.2 Å². The number of aryl methyl sites for hydroxylation is 1. The monoisotopic (exact) mass is 386 g/mol. The topological polar surface area (TPSA) is 84.5 Å². The van der Waals surface area contributed by atoms with Gasteiger partial charge >= 0.3 is 6.09 Å². The maximum Gasteiger partial charge on any atom is 0.413 e. The van der Waals surface area contributed by atoms with E-state index in [4.69, 9.17) is 0 Å². The molecule has 0 bridgehead atoms. The van der Waals surface area contributed by atoms with E-state index in [9.17, 15) is 14.4 Å². The lowest BCUT2D eigenvalue weighted by Gasteiger charge is -2.09. The summed E-state index contributed by atoms with van der Waals surface area (Å²) in [6.45, 7) is 0. The zero-order chi connectivity index (χ0) is 19.2. The summed E-state index contributed by atoms with van der Waals surface area (Å²) in [6.07, 6.45) is 4.21. The third kappa shape index (κ3) is 4.74. The lowest BCUT2D eigenvalue weighted by molar-refractivity contribution is -0.115. The van der Waals surface area contributed by atoms with Gasteiger partial charge in [-0.15, -0.1) is 11.3 Å². The SMILES string of the molecule is COC(=O)NC(=O)c1c(NC(=O)Cc2ccccc2)sc2c1CCCCC2. The number of amides is 3. The van der Waals surface area contributed by atoms with Crippen LogP contribution in [0.5, 0.6) is 0 Å². The summed E-state index contributed by atoms with van der Waals surface area (Å²) < 4.78 is 4.53. The van der Waals surface area contributed by atoms with E-state index in [2.05, 4.69) is 15.4 Å². The minimum Gasteiger partial charge on any atom is -0.453 e. The highest BCUT2D eigenvalue weighted by atomic mass is 32.1.